The van der Waals surface area contributed by atoms with Crippen molar-refractivity contribution < 1.29 is 154 Å². The van der Waals surface area contributed by atoms with Crippen molar-refractivity contribution in [3.05, 3.63) is 208 Å². The lowest BCUT2D eigenvalue weighted by atomic mass is 9.72. The first-order chi connectivity index (χ1) is 91.9. The molecule has 7 atom stereocenters. The summed E-state index contributed by atoms with van der Waals surface area (Å²) in [5, 5.41) is 80.0. The van der Waals surface area contributed by atoms with Gasteiger partial charge in [0.1, 0.15) is 40.2 Å². The highest BCUT2D eigenvalue weighted by Crippen LogP contribution is 2.49. The van der Waals surface area contributed by atoms with E-state index in [1.54, 1.807) is 19.0 Å². The molecule has 784 valence electrons. The van der Waals surface area contributed by atoms with Gasteiger partial charge in [0.2, 0.25) is 0 Å². The van der Waals surface area contributed by atoms with Crippen LogP contribution in [0.15, 0.2) is 169 Å². The van der Waals surface area contributed by atoms with Crippen LogP contribution in [0, 0.1) is 0 Å². The normalized spacial score (nSPS) is 28.4. The highest BCUT2D eigenvalue weighted by atomic mass is 16.5. The summed E-state index contributed by atoms with van der Waals surface area (Å²) in [4.78, 5) is 4.47. The second kappa shape index (κ2) is 58.7. The third-order valence-electron chi connectivity index (χ3n) is 25.6. The summed E-state index contributed by atoms with van der Waals surface area (Å²) in [6.07, 6.45) is 15.4. The molecule has 0 aliphatic heterocycles. The minimum Gasteiger partial charge on any atom is -0.497 e. The van der Waals surface area contributed by atoms with Crippen molar-refractivity contribution in [1.29, 1.82) is 0 Å². The topological polar surface area (TPSA) is 229 Å². The third-order valence-corrected chi connectivity index (χ3v) is 25.6. The van der Waals surface area contributed by atoms with Crippen molar-refractivity contribution >= 4 is 0 Å². The smallest absolute Gasteiger partial charge is 0.118 e. The molecule has 7 aliphatic carbocycles. The molecule has 140 heavy (non-hydrogen) atoms. The SMILES string of the molecule is [2H]c1c([2H])c(C(C2(O)CCCCC2)C([2H])([2H])N(C([2H])([2H])[2H])C([2H])([2H])[2H])c([2H])c([2H])c1OC.[2H]c1c([2H])c(C(C2(O)CCCCC2)C([2H])([2H])N(C)C([2H])([2H])[2H])c([2H])c([2H])c1OC.[2H]c1c([2H])c(C([2H])(C2(O)CCCCC2)C([2H])([2H])N(C)C([2H])([2H])[2H])c([2H])c([2H])c1OC.[2H]c1c([2H])c(C([2H])(C2(O)CCCCC2)C([2H])([2H])N(C)C)c([2H])c([2H])c1OC.[2H]c1c([2H])c(C([2H])(CN(C([2H])([2H])[2H])C([2H])([2H])[2H])C2(O)CCCCC2)c([2H])c([2H])c1OC.[2H]c1c([2H])c(C([2H])(CN(C)C([2H])([2H])[2H])C2(O)CCCCC2)c([2H])c([2H])c1OC.[2H]c1c([2H])c(C([2H])(CN(C)C)C2(O)CCCCC2)c([2H])c([2H])c1OC. The molecule has 0 amide bonds. The Hall–Kier alpha value is -7.42. The average Bonchev–Trinajstić information content (AvgIpc) is 0.692. The van der Waals surface area contributed by atoms with Crippen LogP contribution in [0.2, 0.25) is 0 Å². The molecule has 0 radical (unpaired) electrons. The van der Waals surface area contributed by atoms with E-state index in [4.69, 9.17) is 113 Å². The molecule has 7 N–H and O–H groups in total. The van der Waals surface area contributed by atoms with Crippen LogP contribution in [0.3, 0.4) is 0 Å². The van der Waals surface area contributed by atoms with E-state index in [2.05, 4.69) is 0 Å². The van der Waals surface area contributed by atoms with Gasteiger partial charge in [-0.25, -0.2) is 0 Å². The molecule has 0 bridgehead atoms. The summed E-state index contributed by atoms with van der Waals surface area (Å²) in [7, 11) is 18.1. The number of aliphatic hydroxyl groups is 7. The Balaban J connectivity index is 0.000000281. The molecule has 0 aromatic heterocycles. The Morgan fingerprint density at radius 3 is 0.600 bits per heavy atom. The monoisotopic (exact) mass is 2000 g/mol. The fourth-order valence-electron chi connectivity index (χ4n) is 18.3. The summed E-state index contributed by atoms with van der Waals surface area (Å²) in [5.41, 5.74) is -15.7. The van der Waals surface area contributed by atoms with Crippen molar-refractivity contribution in [2.45, 2.75) is 305 Å². The molecular weight excluding hydrogens is 1750 g/mol. The van der Waals surface area contributed by atoms with Gasteiger partial charge in [0.05, 0.1) is 127 Å². The number of nitrogens with zero attached hydrogens (tertiary/aromatic N) is 7. The first-order valence-corrected chi connectivity index (χ1v) is 47.6. The van der Waals surface area contributed by atoms with E-state index in [-0.39, 0.29) is 169 Å². The number of benzene rings is 7. The Bertz CT molecular complexity index is 7600. The van der Waals surface area contributed by atoms with Gasteiger partial charge in [0.25, 0.3) is 0 Å². The van der Waals surface area contributed by atoms with Crippen molar-refractivity contribution in [2.24, 2.45) is 0 Å². The van der Waals surface area contributed by atoms with Gasteiger partial charge in [-0.05, 0) is 312 Å². The quantitative estimate of drug-likeness (QED) is 0.0196. The van der Waals surface area contributed by atoms with Gasteiger partial charge < -0.3 is 103 Å². The molecule has 7 unspecified atom stereocenters. The first-order valence-electron chi connectivity index (χ1n) is 78.6. The van der Waals surface area contributed by atoms with Gasteiger partial charge >= 0.3 is 0 Å². The number of rotatable bonds is 35. The predicted molar refractivity (Wildman–Crippen MR) is 576 cm³/mol. The summed E-state index contributed by atoms with van der Waals surface area (Å²) in [6, 6.07) is -15.4. The van der Waals surface area contributed by atoms with E-state index in [0.717, 1.165) is 96.6 Å². The van der Waals surface area contributed by atoms with E-state index < -0.39 is 341 Å². The molecule has 21 nitrogen and oxygen atoms in total. The van der Waals surface area contributed by atoms with Gasteiger partial charge in [-0.3, -0.25) is 0 Å². The number of hydrogen-bond acceptors (Lipinski definition) is 21. The Kier molecular flexibility index (Phi) is 23.7. The highest BCUT2D eigenvalue weighted by molar-refractivity contribution is 5.38. The maximum Gasteiger partial charge on any atom is 0.118 e. The molecule has 7 saturated carbocycles. The Labute approximate surface area is 934 Å². The zero-order valence-corrected chi connectivity index (χ0v) is 83.6. The lowest BCUT2D eigenvalue weighted by Crippen LogP contribution is -2.42. The fourth-order valence-corrected chi connectivity index (χ4v) is 18.3. The summed E-state index contributed by atoms with van der Waals surface area (Å²) >= 11 is 0. The predicted octanol–water partition coefficient (Wildman–Crippen LogP) is 21.2. The number of ether oxygens (including phenoxy) is 7. The maximum absolute atomic E-state index is 11.5. The van der Waals surface area contributed by atoms with Crippen LogP contribution in [0.4, 0.5) is 0 Å². The van der Waals surface area contributed by atoms with Crippen LogP contribution in [0.25, 0.3) is 0 Å². The fraction of sp³-hybridized carbons (Fsp3) is 0.647. The maximum atomic E-state index is 11.5. The van der Waals surface area contributed by atoms with E-state index in [1.165, 1.54) is 49.6 Å². The largest absolute Gasteiger partial charge is 0.497 e. The van der Waals surface area contributed by atoms with Gasteiger partial charge in [0.15, 0.2) is 0 Å². The Morgan fingerprint density at radius 2 is 0.393 bits per heavy atom. The van der Waals surface area contributed by atoms with Crippen LogP contribution >= 0.6 is 0 Å². The highest BCUT2D eigenvalue weighted by Gasteiger charge is 2.46. The lowest BCUT2D eigenvalue weighted by molar-refractivity contribution is -0.0280. The van der Waals surface area contributed by atoms with E-state index in [9.17, 15) is 41.2 Å². The standard InChI is InChI=1S/7C17H27NO2/c7*1-18(2)13-16(17(19)11-5-4-6-12-17)14-7-9-15(20-3)10-8-14/h7*7-10,16,19H,4-6,11-13H2,1-3H3/i1D3,7D,8D,9D,10D,13D2,16D;1D3,2D3,7D,8D,9D,10D,16D;1D3,2D3,7D,8D,9D,10D,13D2;7D,8D,9D,10D,13D2,16D;1D3,7D,8D,9D,10D,16D;1D3,7D,8D,9D,10D,13D2;7D,8D,9D,10D,16D. The first kappa shape index (κ1) is 56.5. The van der Waals surface area contributed by atoms with Crippen LogP contribution in [0.5, 0.6) is 40.2 Å². The number of hydrogen-bond donors (Lipinski definition) is 7. The lowest BCUT2D eigenvalue weighted by Gasteiger charge is -2.40. The molecule has 7 aromatic carbocycles. The van der Waals surface area contributed by atoms with Crippen LogP contribution in [0.1, 0.15) is 390 Å². The van der Waals surface area contributed by atoms with E-state index >= 15 is 0 Å². The minimum absolute atomic E-state index is 0.0257. The van der Waals surface area contributed by atoms with E-state index in [1.807, 2.05) is 0 Å². The Morgan fingerprint density at radius 1 is 0.221 bits per heavy atom. The van der Waals surface area contributed by atoms with Crippen LogP contribution in [-0.4, -0.2) is 303 Å². The molecule has 0 heterocycles. The molecule has 14 rings (SSSR count). The van der Waals surface area contributed by atoms with Crippen molar-refractivity contribution in [1.82, 2.24) is 34.3 Å². The molecule has 7 fully saturated rings. The molecule has 0 spiro atoms. The van der Waals surface area contributed by atoms with Crippen molar-refractivity contribution in [3.63, 3.8) is 0 Å². The number of likely N-dealkylation sites (N-methyl/N-ethyl adjacent to an activating group) is 7. The zero-order chi connectivity index (χ0) is 156. The molecule has 0 saturated heterocycles. The zero-order valence-electron chi connectivity index (χ0n) is 146. The van der Waals surface area contributed by atoms with Gasteiger partial charge in [0, 0.05) is 134 Å². The molecule has 21 heteroatoms. The minimum atomic E-state index is -3.46. The summed E-state index contributed by atoms with van der Waals surface area (Å²) < 4.78 is 542. The van der Waals surface area contributed by atoms with Gasteiger partial charge in [-0.2, -0.15) is 0 Å². The van der Waals surface area contributed by atoms with E-state index in [0.29, 0.717) is 106 Å². The third kappa shape index (κ3) is 36.7. The second-order valence-electron chi connectivity index (χ2n) is 36.8. The summed E-state index contributed by atoms with van der Waals surface area (Å²) in [5.74, 6) is -17.2. The van der Waals surface area contributed by atoms with Crippen LogP contribution in [-0.2, 0) is 0 Å². The molecular formula is C119H189N7O14. The average molecular weight is 2000 g/mol. The van der Waals surface area contributed by atoms with Gasteiger partial charge in [-0.15, -0.1) is 0 Å². The molecule has 7 aliphatic rings. The van der Waals surface area contributed by atoms with Crippen LogP contribution < -0.4 is 33.2 Å². The van der Waals surface area contributed by atoms with Crippen molar-refractivity contribution in [2.75, 3.05) is 194 Å². The number of methoxy groups -OCH3 is 7. The molecule has 7 aromatic rings. The second-order valence-corrected chi connectivity index (χ2v) is 36.8. The van der Waals surface area contributed by atoms with Gasteiger partial charge in [-0.1, -0.05) is 219 Å². The summed E-state index contributed by atoms with van der Waals surface area (Å²) in [6.45, 7) is -34.5. The van der Waals surface area contributed by atoms with Crippen molar-refractivity contribution in [3.8, 4) is 40.2 Å².